The number of ether oxygens (including phenoxy) is 3. The van der Waals surface area contributed by atoms with E-state index in [4.69, 9.17) is 24.2 Å². The molecule has 0 radical (unpaired) electrons. The maximum atomic E-state index is 14.0. The SMILES string of the molecule is C=CCO[C@@]12Oc3ccc(OCCSc4ccccc4)cc3[C@H]3[C@H](CCCCO)[C@@H](CCCCO)C=C(C(=NOC(C)(C)C)C[C@@H]1N(C)C(=O)C1CC1)[C@H]32. The number of thioether (sulfide) groups is 1. The largest absolute Gasteiger partial charge is 0.493 e. The summed E-state index contributed by atoms with van der Waals surface area (Å²) in [6.07, 6.45) is 11.3. The lowest BCUT2D eigenvalue weighted by molar-refractivity contribution is -0.256. The molecular weight excluding hydrogens is 701 g/mol. The number of aliphatic hydroxyl groups excluding tert-OH is 2. The van der Waals surface area contributed by atoms with Gasteiger partial charge in [-0.05, 0) is 107 Å². The van der Waals surface area contributed by atoms with Crippen molar-refractivity contribution >= 4 is 23.4 Å². The third kappa shape index (κ3) is 9.20. The van der Waals surface area contributed by atoms with Crippen molar-refractivity contribution in [1.82, 2.24) is 4.90 Å². The van der Waals surface area contributed by atoms with Crippen LogP contribution in [0.25, 0.3) is 0 Å². The number of unbranched alkanes of at least 4 members (excludes halogenated alkanes) is 2. The number of rotatable bonds is 19. The molecule has 2 fully saturated rings. The summed E-state index contributed by atoms with van der Waals surface area (Å²) in [5.41, 5.74) is 2.40. The highest BCUT2D eigenvalue weighted by Crippen LogP contribution is 2.62. The van der Waals surface area contributed by atoms with Gasteiger partial charge in [0.05, 0.1) is 24.8 Å². The lowest BCUT2D eigenvalue weighted by atomic mass is 9.55. The molecular formula is C44H60N2O7S. The van der Waals surface area contributed by atoms with E-state index in [-0.39, 0.29) is 55.3 Å². The fraction of sp³-hybridized carbons (Fsp3) is 0.591. The van der Waals surface area contributed by atoms with E-state index < -0.39 is 17.4 Å². The molecule has 54 heavy (non-hydrogen) atoms. The number of nitrogens with zero attached hydrogens (tertiary/aromatic N) is 2. The van der Waals surface area contributed by atoms with E-state index in [1.807, 2.05) is 63.1 Å². The van der Waals surface area contributed by atoms with Crippen molar-refractivity contribution in [2.45, 2.75) is 107 Å². The quantitative estimate of drug-likeness (QED) is 0.0639. The molecule has 6 atom stereocenters. The van der Waals surface area contributed by atoms with Crippen LogP contribution in [0.1, 0.15) is 90.0 Å². The molecule has 1 amide bonds. The summed E-state index contributed by atoms with van der Waals surface area (Å²) in [6.45, 7) is 11.1. The van der Waals surface area contributed by atoms with E-state index in [9.17, 15) is 15.0 Å². The number of carbonyl (C=O) groups is 1. The molecule has 9 nitrogen and oxygen atoms in total. The van der Waals surface area contributed by atoms with Crippen molar-refractivity contribution in [2.75, 3.05) is 39.2 Å². The Balaban J connectivity index is 1.48. The van der Waals surface area contributed by atoms with Gasteiger partial charge in [0.15, 0.2) is 0 Å². The predicted molar refractivity (Wildman–Crippen MR) is 214 cm³/mol. The van der Waals surface area contributed by atoms with E-state index in [0.717, 1.165) is 79.0 Å². The molecule has 1 heterocycles. The zero-order valence-electron chi connectivity index (χ0n) is 32.6. The van der Waals surface area contributed by atoms with Gasteiger partial charge in [-0.3, -0.25) is 4.79 Å². The summed E-state index contributed by atoms with van der Waals surface area (Å²) in [7, 11) is 1.89. The predicted octanol–water partition coefficient (Wildman–Crippen LogP) is 8.16. The fourth-order valence-corrected chi connectivity index (χ4v) is 9.37. The van der Waals surface area contributed by atoms with Crippen LogP contribution in [-0.4, -0.2) is 83.4 Å². The zero-order valence-corrected chi connectivity index (χ0v) is 33.4. The summed E-state index contributed by atoms with van der Waals surface area (Å²) >= 11 is 1.77. The normalized spacial score (nSPS) is 26.6. The van der Waals surface area contributed by atoms with Crippen molar-refractivity contribution in [2.24, 2.45) is 28.8 Å². The average molecular weight is 761 g/mol. The Morgan fingerprint density at radius 2 is 1.81 bits per heavy atom. The van der Waals surface area contributed by atoms with Gasteiger partial charge in [0.25, 0.3) is 0 Å². The first kappa shape index (κ1) is 40.4. The highest BCUT2D eigenvalue weighted by Gasteiger charge is 2.65. The highest BCUT2D eigenvalue weighted by atomic mass is 32.2. The maximum absolute atomic E-state index is 14.0. The Labute approximate surface area is 326 Å². The van der Waals surface area contributed by atoms with Crippen molar-refractivity contribution < 1.29 is 34.1 Å². The van der Waals surface area contributed by atoms with E-state index in [0.29, 0.717) is 19.4 Å². The molecule has 10 heteroatoms. The highest BCUT2D eigenvalue weighted by molar-refractivity contribution is 7.99. The summed E-state index contributed by atoms with van der Waals surface area (Å²) in [5.74, 6) is 1.14. The van der Waals surface area contributed by atoms with Gasteiger partial charge >= 0.3 is 0 Å². The summed E-state index contributed by atoms with van der Waals surface area (Å²) in [5, 5.41) is 24.6. The molecule has 3 aliphatic carbocycles. The second-order valence-corrected chi connectivity index (χ2v) is 17.4. The maximum Gasteiger partial charge on any atom is 0.239 e. The average Bonchev–Trinajstić information content (AvgIpc) is 4.02. The third-order valence-corrected chi connectivity index (χ3v) is 12.2. The number of carbonyl (C=O) groups excluding carboxylic acids is 1. The molecule has 6 rings (SSSR count). The summed E-state index contributed by atoms with van der Waals surface area (Å²) in [6, 6.07) is 16.0. The third-order valence-electron chi connectivity index (χ3n) is 11.2. The van der Waals surface area contributed by atoms with Crippen LogP contribution >= 0.6 is 11.8 Å². The van der Waals surface area contributed by atoms with Crippen LogP contribution in [0.2, 0.25) is 0 Å². The Morgan fingerprint density at radius 3 is 2.50 bits per heavy atom. The number of allylic oxidation sites excluding steroid dienone is 1. The first-order chi connectivity index (χ1) is 26.1. The summed E-state index contributed by atoms with van der Waals surface area (Å²) < 4.78 is 20.7. The molecule has 0 aromatic heterocycles. The Kier molecular flexibility index (Phi) is 13.5. The number of amides is 1. The standard InChI is InChI=1S/C44H60N2O7S/c1-6-24-51-44-39(46(5)42(49)30-18-19-30)29-37(45-53-43(2,3)4)35-27-31(14-10-12-22-47)34(17-11-13-23-48)40(41(35)44)36-28-32(20-21-38(36)52-44)50-25-26-54-33-15-8-7-9-16-33/h6-9,15-16,20-21,27-28,30-31,34,39-41,47-48H,1,10-14,17-19,22-26,29H2,2-5H3/t31-,34+,39-,40+,41+,44+/m0/s1. The first-order valence-electron chi connectivity index (χ1n) is 19.9. The molecule has 2 aromatic carbocycles. The van der Waals surface area contributed by atoms with Gasteiger partial charge in [0.1, 0.15) is 23.1 Å². The molecule has 0 saturated heterocycles. The minimum absolute atomic E-state index is 0.00883. The molecule has 2 saturated carbocycles. The van der Waals surface area contributed by atoms with Crippen LogP contribution in [0.5, 0.6) is 11.5 Å². The monoisotopic (exact) mass is 760 g/mol. The van der Waals surface area contributed by atoms with Gasteiger partial charge in [-0.25, -0.2) is 0 Å². The van der Waals surface area contributed by atoms with E-state index >= 15 is 0 Å². The molecule has 294 valence electrons. The van der Waals surface area contributed by atoms with Gasteiger partial charge in [-0.2, -0.15) is 0 Å². The number of oxime groups is 1. The van der Waals surface area contributed by atoms with E-state index in [2.05, 4.69) is 30.9 Å². The lowest BCUT2D eigenvalue weighted by Gasteiger charge is -2.59. The number of hydrogen-bond donors (Lipinski definition) is 2. The molecule has 0 unspecified atom stereocenters. The second-order valence-electron chi connectivity index (χ2n) is 16.2. The zero-order chi connectivity index (χ0) is 38.3. The second kappa shape index (κ2) is 18.1. The van der Waals surface area contributed by atoms with Crippen molar-refractivity contribution in [3.63, 3.8) is 0 Å². The number of likely N-dealkylation sites (N-methyl/N-ethyl adjacent to an activating group) is 1. The van der Waals surface area contributed by atoms with Gasteiger partial charge in [-0.1, -0.05) is 48.3 Å². The van der Waals surface area contributed by atoms with Gasteiger partial charge in [0.2, 0.25) is 11.7 Å². The fourth-order valence-electron chi connectivity index (χ4n) is 8.62. The van der Waals surface area contributed by atoms with Gasteiger partial charge < -0.3 is 34.2 Å². The number of fused-ring (bicyclic) bond motifs is 2. The number of aliphatic hydroxyl groups is 2. The molecule has 0 bridgehead atoms. The van der Waals surface area contributed by atoms with Crippen molar-refractivity contribution in [3.8, 4) is 11.5 Å². The Bertz CT molecular complexity index is 1640. The lowest BCUT2D eigenvalue weighted by Crippen LogP contribution is -2.69. The topological polar surface area (TPSA) is 110 Å². The summed E-state index contributed by atoms with van der Waals surface area (Å²) in [4.78, 5) is 23.2. The smallest absolute Gasteiger partial charge is 0.239 e. The Hall–Kier alpha value is -3.31. The molecule has 0 spiro atoms. The number of benzene rings is 2. The van der Waals surface area contributed by atoms with Crippen LogP contribution in [0.3, 0.4) is 0 Å². The minimum Gasteiger partial charge on any atom is -0.493 e. The van der Waals surface area contributed by atoms with E-state index in [1.165, 1.54) is 4.90 Å². The van der Waals surface area contributed by atoms with Gasteiger partial charge in [0, 0.05) is 54.7 Å². The Morgan fingerprint density at radius 1 is 1.07 bits per heavy atom. The van der Waals surface area contributed by atoms with Crippen molar-refractivity contribution in [3.05, 3.63) is 78.4 Å². The molecule has 2 aromatic rings. The first-order valence-corrected chi connectivity index (χ1v) is 20.9. The van der Waals surface area contributed by atoms with Crippen LogP contribution in [-0.2, 0) is 14.4 Å². The molecule has 4 aliphatic rings. The number of hydrogen-bond acceptors (Lipinski definition) is 9. The van der Waals surface area contributed by atoms with Crippen LogP contribution in [0.15, 0.2) is 82.9 Å². The van der Waals surface area contributed by atoms with Crippen LogP contribution < -0.4 is 9.47 Å². The van der Waals surface area contributed by atoms with Gasteiger partial charge in [-0.15, -0.1) is 18.3 Å². The molecule has 2 N–H and O–H groups in total. The van der Waals surface area contributed by atoms with Crippen LogP contribution in [0, 0.1) is 23.7 Å². The minimum atomic E-state index is -1.22. The van der Waals surface area contributed by atoms with E-state index in [1.54, 1.807) is 17.8 Å². The van der Waals surface area contributed by atoms with Crippen LogP contribution in [0.4, 0.5) is 0 Å². The molecule has 1 aliphatic heterocycles. The van der Waals surface area contributed by atoms with Crippen molar-refractivity contribution in [1.29, 1.82) is 0 Å².